The molecule has 19 heavy (non-hydrogen) atoms. The Kier molecular flexibility index (Phi) is 9.01. The molecule has 3 nitrogen and oxygen atoms in total. The maximum absolute atomic E-state index is 5.90. The molecule has 0 saturated heterocycles. The van der Waals surface area contributed by atoms with Crippen molar-refractivity contribution in [2.75, 3.05) is 32.9 Å². The molecule has 0 amide bonds. The highest BCUT2D eigenvalue weighted by Gasteiger charge is 1.99. The average molecular weight is 306 g/mol. The predicted octanol–water partition coefficient (Wildman–Crippen LogP) is 3.78. The summed E-state index contributed by atoms with van der Waals surface area (Å²) in [5.74, 6) is 0.743. The van der Waals surface area contributed by atoms with E-state index in [1.807, 2.05) is 13.0 Å². The fraction of sp³-hybridized carbons (Fsp3) is 0.571. The van der Waals surface area contributed by atoms with Crippen LogP contribution in [0.4, 0.5) is 0 Å². The van der Waals surface area contributed by atoms with Gasteiger partial charge in [-0.1, -0.05) is 23.2 Å². The van der Waals surface area contributed by atoms with Gasteiger partial charge in [0.2, 0.25) is 0 Å². The number of rotatable bonds is 10. The van der Waals surface area contributed by atoms with E-state index in [-0.39, 0.29) is 0 Å². The summed E-state index contributed by atoms with van der Waals surface area (Å²) >= 11 is 11.7. The minimum atomic E-state index is 0.517. The van der Waals surface area contributed by atoms with E-state index in [2.05, 4.69) is 5.32 Å². The molecule has 0 radical (unpaired) electrons. The predicted molar refractivity (Wildman–Crippen MR) is 80.6 cm³/mol. The Morgan fingerprint density at radius 2 is 1.89 bits per heavy atom. The van der Waals surface area contributed by atoms with E-state index in [1.54, 1.807) is 12.1 Å². The van der Waals surface area contributed by atoms with Crippen molar-refractivity contribution in [3.8, 4) is 5.75 Å². The summed E-state index contributed by atoms with van der Waals surface area (Å²) < 4.78 is 10.8. The van der Waals surface area contributed by atoms with Crippen molar-refractivity contribution in [3.05, 3.63) is 28.2 Å². The molecular weight excluding hydrogens is 285 g/mol. The number of benzene rings is 1. The lowest BCUT2D eigenvalue weighted by Crippen LogP contribution is -2.22. The molecule has 0 spiro atoms. The summed E-state index contributed by atoms with van der Waals surface area (Å²) in [4.78, 5) is 0. The Bertz CT molecular complexity index is 361. The summed E-state index contributed by atoms with van der Waals surface area (Å²) in [7, 11) is 0. The maximum atomic E-state index is 5.90. The molecular formula is C14H21Cl2NO2. The average Bonchev–Trinajstić information content (AvgIpc) is 2.41. The van der Waals surface area contributed by atoms with Crippen LogP contribution in [0.5, 0.6) is 5.75 Å². The largest absolute Gasteiger partial charge is 0.492 e. The third kappa shape index (κ3) is 7.63. The highest BCUT2D eigenvalue weighted by Crippen LogP contribution is 2.26. The molecule has 0 bridgehead atoms. The Hall–Kier alpha value is -0.480. The summed E-state index contributed by atoms with van der Waals surface area (Å²) in [5.41, 5.74) is 0. The van der Waals surface area contributed by atoms with E-state index in [4.69, 9.17) is 32.7 Å². The molecule has 1 aromatic carbocycles. The second-order valence-corrected chi connectivity index (χ2v) is 4.89. The Labute approximate surface area is 125 Å². The van der Waals surface area contributed by atoms with Crippen LogP contribution in [-0.2, 0) is 4.74 Å². The lowest BCUT2D eigenvalue weighted by atomic mass is 10.3. The standard InChI is InChI=1S/C14H21Cl2NO2/c1-2-18-9-4-3-7-17-8-10-19-12-5-6-13(15)14(16)11-12/h5-6,11,17H,2-4,7-10H2,1H3. The van der Waals surface area contributed by atoms with E-state index in [9.17, 15) is 0 Å². The third-order valence-electron chi connectivity index (χ3n) is 2.53. The van der Waals surface area contributed by atoms with E-state index < -0.39 is 0 Å². The summed E-state index contributed by atoms with van der Waals surface area (Å²) in [6.07, 6.45) is 2.21. The molecule has 0 saturated carbocycles. The summed E-state index contributed by atoms with van der Waals surface area (Å²) in [5, 5.41) is 4.38. The molecule has 0 fully saturated rings. The fourth-order valence-corrected chi connectivity index (χ4v) is 1.82. The zero-order valence-corrected chi connectivity index (χ0v) is 12.8. The second kappa shape index (κ2) is 10.3. The van der Waals surface area contributed by atoms with Gasteiger partial charge in [-0.05, 0) is 38.4 Å². The van der Waals surface area contributed by atoms with Gasteiger partial charge in [0.25, 0.3) is 0 Å². The molecule has 0 aliphatic rings. The molecule has 1 rings (SSSR count). The molecule has 1 N–H and O–H groups in total. The molecule has 0 atom stereocenters. The van der Waals surface area contributed by atoms with Crippen LogP contribution in [0.15, 0.2) is 18.2 Å². The zero-order valence-electron chi connectivity index (χ0n) is 11.3. The molecule has 0 aromatic heterocycles. The lowest BCUT2D eigenvalue weighted by molar-refractivity contribution is 0.143. The van der Waals surface area contributed by atoms with Crippen molar-refractivity contribution in [2.24, 2.45) is 0 Å². The van der Waals surface area contributed by atoms with Crippen LogP contribution in [0.1, 0.15) is 19.8 Å². The summed E-state index contributed by atoms with van der Waals surface area (Å²) in [6, 6.07) is 5.28. The van der Waals surface area contributed by atoms with Crippen LogP contribution in [0.2, 0.25) is 10.0 Å². The van der Waals surface area contributed by atoms with Gasteiger partial charge in [0.15, 0.2) is 0 Å². The van der Waals surface area contributed by atoms with Crippen molar-refractivity contribution < 1.29 is 9.47 Å². The van der Waals surface area contributed by atoms with E-state index in [0.717, 1.165) is 44.9 Å². The van der Waals surface area contributed by atoms with E-state index in [1.165, 1.54) is 0 Å². The van der Waals surface area contributed by atoms with Gasteiger partial charge in [0, 0.05) is 25.8 Å². The van der Waals surface area contributed by atoms with Crippen molar-refractivity contribution in [1.82, 2.24) is 5.32 Å². The van der Waals surface area contributed by atoms with E-state index >= 15 is 0 Å². The highest BCUT2D eigenvalue weighted by atomic mass is 35.5. The van der Waals surface area contributed by atoms with Crippen molar-refractivity contribution >= 4 is 23.2 Å². The number of nitrogens with one attached hydrogen (secondary N) is 1. The van der Waals surface area contributed by atoms with E-state index in [0.29, 0.717) is 16.7 Å². The Morgan fingerprint density at radius 1 is 1.05 bits per heavy atom. The van der Waals surface area contributed by atoms with Gasteiger partial charge in [0.05, 0.1) is 10.0 Å². The normalized spacial score (nSPS) is 10.7. The molecule has 0 aliphatic carbocycles. The molecule has 5 heteroatoms. The number of hydrogen-bond donors (Lipinski definition) is 1. The monoisotopic (exact) mass is 305 g/mol. The highest BCUT2D eigenvalue weighted by molar-refractivity contribution is 6.42. The second-order valence-electron chi connectivity index (χ2n) is 4.08. The van der Waals surface area contributed by atoms with Crippen molar-refractivity contribution in [1.29, 1.82) is 0 Å². The van der Waals surface area contributed by atoms with Crippen LogP contribution >= 0.6 is 23.2 Å². The van der Waals surface area contributed by atoms with Gasteiger partial charge in [0.1, 0.15) is 12.4 Å². The minimum Gasteiger partial charge on any atom is -0.492 e. The van der Waals surface area contributed by atoms with Crippen LogP contribution in [-0.4, -0.2) is 32.9 Å². The Morgan fingerprint density at radius 3 is 2.63 bits per heavy atom. The first-order chi connectivity index (χ1) is 9.24. The van der Waals surface area contributed by atoms with Gasteiger partial charge < -0.3 is 14.8 Å². The molecule has 1 aromatic rings. The number of ether oxygens (including phenoxy) is 2. The zero-order chi connectivity index (χ0) is 13.9. The molecule has 108 valence electrons. The van der Waals surface area contributed by atoms with Gasteiger partial charge in [-0.15, -0.1) is 0 Å². The Balaban J connectivity index is 2.00. The molecule has 0 unspecified atom stereocenters. The topological polar surface area (TPSA) is 30.5 Å². The van der Waals surface area contributed by atoms with Crippen molar-refractivity contribution in [2.45, 2.75) is 19.8 Å². The van der Waals surface area contributed by atoms with Gasteiger partial charge in [-0.3, -0.25) is 0 Å². The molecule has 0 heterocycles. The fourth-order valence-electron chi connectivity index (χ4n) is 1.53. The van der Waals surface area contributed by atoms with Crippen molar-refractivity contribution in [3.63, 3.8) is 0 Å². The van der Waals surface area contributed by atoms with Gasteiger partial charge in [-0.25, -0.2) is 0 Å². The first-order valence-corrected chi connectivity index (χ1v) is 7.36. The smallest absolute Gasteiger partial charge is 0.120 e. The minimum absolute atomic E-state index is 0.517. The lowest BCUT2D eigenvalue weighted by Gasteiger charge is -2.08. The van der Waals surface area contributed by atoms with Crippen LogP contribution in [0, 0.1) is 0 Å². The SMILES string of the molecule is CCOCCCCNCCOc1ccc(Cl)c(Cl)c1. The number of hydrogen-bond acceptors (Lipinski definition) is 3. The van der Waals surface area contributed by atoms with Gasteiger partial charge >= 0.3 is 0 Å². The third-order valence-corrected chi connectivity index (χ3v) is 3.27. The number of unbranched alkanes of at least 4 members (excludes halogenated alkanes) is 1. The molecule has 0 aliphatic heterocycles. The number of halogens is 2. The summed E-state index contributed by atoms with van der Waals surface area (Å²) in [6.45, 7) is 6.07. The van der Waals surface area contributed by atoms with Crippen LogP contribution in [0.25, 0.3) is 0 Å². The van der Waals surface area contributed by atoms with Crippen LogP contribution < -0.4 is 10.1 Å². The first-order valence-electron chi connectivity index (χ1n) is 6.60. The van der Waals surface area contributed by atoms with Gasteiger partial charge in [-0.2, -0.15) is 0 Å². The van der Waals surface area contributed by atoms with Crippen LogP contribution in [0.3, 0.4) is 0 Å². The first kappa shape index (κ1) is 16.6. The maximum Gasteiger partial charge on any atom is 0.120 e. The quantitative estimate of drug-likeness (QED) is 0.667.